The van der Waals surface area contributed by atoms with E-state index in [1.165, 1.54) is 18.1 Å². The molecule has 0 aromatic rings. The van der Waals surface area contributed by atoms with Crippen LogP contribution in [0.3, 0.4) is 0 Å². The molecule has 1 aliphatic heterocycles. The van der Waals surface area contributed by atoms with Gasteiger partial charge in [-0.15, -0.1) is 0 Å². The third kappa shape index (κ3) is 10.0. The Hall–Kier alpha value is 3.92. The summed E-state index contributed by atoms with van der Waals surface area (Å²) in [4.78, 5) is 0. The first kappa shape index (κ1) is 16.4. The van der Waals surface area contributed by atoms with Crippen LogP contribution in [0.25, 0.3) is 0 Å². The molecule has 1 fully saturated rings. The van der Waals surface area contributed by atoms with Crippen LogP contribution in [0.1, 0.15) is 12.8 Å². The Kier molecular flexibility index (Phi) is 21.1. The Balaban J connectivity index is 0. The number of rotatable bonds is 0. The molecule has 46 valence electrons. The zero-order valence-corrected chi connectivity index (χ0v) is 20.1. The molecule has 0 unspecified atom stereocenters. The van der Waals surface area contributed by atoms with Gasteiger partial charge in [-0.3, -0.25) is 0 Å². The first-order valence-corrected chi connectivity index (χ1v) is 5.13. The molecule has 1 aliphatic rings. The van der Waals surface area contributed by atoms with Gasteiger partial charge in [0.25, 0.3) is 0 Å². The average Bonchev–Trinajstić information content (AvgIpc) is 1.62. The van der Waals surface area contributed by atoms with E-state index in [0.717, 1.165) is 6.61 Å². The van der Waals surface area contributed by atoms with Crippen molar-refractivity contribution in [1.29, 1.82) is 0 Å². The van der Waals surface area contributed by atoms with E-state index >= 15 is 0 Å². The van der Waals surface area contributed by atoms with Crippen molar-refractivity contribution < 1.29 is 96.6 Å². The predicted molar refractivity (Wildman–Crippen MR) is 32.6 cm³/mol. The number of hydrogen-bond donors (Lipinski definition) is 0. The Morgan fingerprint density at radius 3 is 2.70 bits per heavy atom. The van der Waals surface area contributed by atoms with Gasteiger partial charge in [-0.05, 0) is 6.42 Å². The maximum atomic E-state index is 5.22. The van der Waals surface area contributed by atoms with Crippen molar-refractivity contribution in [3.8, 4) is 0 Å². The fourth-order valence-corrected chi connectivity index (χ4v) is 2.50. The molecule has 1 rings (SSSR count). The summed E-state index contributed by atoms with van der Waals surface area (Å²) in [5.41, 5.74) is 0. The van der Waals surface area contributed by atoms with E-state index in [4.69, 9.17) is 6.63 Å². The molecule has 0 atom stereocenters. The number of hydrogen-bond acceptors (Lipinski definition) is 2. The Labute approximate surface area is 149 Å². The van der Waals surface area contributed by atoms with Crippen LogP contribution >= 0.6 is 0 Å². The molecule has 0 N–H and O–H groups in total. The largest absolute Gasteiger partial charge is 0.635 e. The molecule has 1 saturated heterocycles. The van der Waals surface area contributed by atoms with Crippen LogP contribution < -0.4 is 0 Å². The summed E-state index contributed by atoms with van der Waals surface area (Å²) in [7, 11) is 0. The quantitative estimate of drug-likeness (QED) is 0.379. The van der Waals surface area contributed by atoms with Gasteiger partial charge in [0.1, 0.15) is 0 Å². The second-order valence-electron chi connectivity index (χ2n) is 1.77. The molecule has 0 aromatic heterocycles. The van der Waals surface area contributed by atoms with Gasteiger partial charge in [0.2, 0.25) is 0 Å². The van der Waals surface area contributed by atoms with Crippen molar-refractivity contribution in [2.75, 3.05) is 6.61 Å². The molecular formula is C4H8Al2O2Ra2. The van der Waals surface area contributed by atoms with Gasteiger partial charge in [-0.25, -0.2) is 0 Å². The van der Waals surface area contributed by atoms with E-state index in [2.05, 4.69) is 0 Å². The van der Waals surface area contributed by atoms with Gasteiger partial charge in [0.15, 0.2) is 0 Å². The summed E-state index contributed by atoms with van der Waals surface area (Å²) in [6.45, 7) is 0.925. The molecule has 10 heavy (non-hydrogen) atoms. The summed E-state index contributed by atoms with van der Waals surface area (Å²) in [6, 6.07) is 0. The van der Waals surface area contributed by atoms with Crippen LogP contribution in [-0.4, -0.2) is 38.0 Å². The molecule has 0 spiro atoms. The fourth-order valence-electron chi connectivity index (χ4n) is 0.608. The normalized spacial score (nSPS) is 17.6. The molecule has 6 radical (unpaired) electrons. The molecule has 0 aliphatic carbocycles. The van der Waals surface area contributed by atoms with E-state index in [9.17, 15) is 0 Å². The van der Waals surface area contributed by atoms with Crippen molar-refractivity contribution >= 4 is 31.4 Å². The molecule has 0 amide bonds. The fraction of sp³-hybridized carbons (Fsp3) is 1.00. The van der Waals surface area contributed by atoms with E-state index in [0.29, 0.717) is 0 Å². The first-order chi connectivity index (χ1) is 4.00. The smallest absolute Gasteiger partial charge is 0.626 e. The Morgan fingerprint density at radius 1 is 1.10 bits per heavy atom. The van der Waals surface area contributed by atoms with Crippen LogP contribution in [0, 0.1) is 90.0 Å². The van der Waals surface area contributed by atoms with Crippen LogP contribution in [0.4, 0.5) is 0 Å². The van der Waals surface area contributed by atoms with E-state index in [-0.39, 0.29) is 121 Å². The summed E-state index contributed by atoms with van der Waals surface area (Å²) in [5, 5.41) is 1.30. The molecule has 1 heterocycles. The minimum atomic E-state index is -0.0920. The molecule has 0 aromatic carbocycles. The zero-order chi connectivity index (χ0) is 5.66. The van der Waals surface area contributed by atoms with Crippen molar-refractivity contribution in [2.45, 2.75) is 18.1 Å². The standard InChI is InChI=1S/C4H8O.2Al.O.2Ra/c1-2-3-4-5;;;;;/h1-4H2;;;;;/q-1;;+1;;;. The topological polar surface area (TPSA) is 18.5 Å². The molecular weight excluding hydrogens is 586 g/mol. The monoisotopic (exact) mass is 594 g/mol. The van der Waals surface area contributed by atoms with Crippen molar-refractivity contribution in [2.24, 2.45) is 0 Å². The maximum absolute atomic E-state index is 5.22. The third-order valence-corrected chi connectivity index (χ3v) is 3.28. The van der Waals surface area contributed by atoms with Gasteiger partial charge < -0.3 is 6.63 Å². The van der Waals surface area contributed by atoms with Crippen LogP contribution in [-0.2, 0) is 6.63 Å². The van der Waals surface area contributed by atoms with Gasteiger partial charge in [-0.1, -0.05) is 11.7 Å². The van der Waals surface area contributed by atoms with Crippen LogP contribution in [0.15, 0.2) is 0 Å². The van der Waals surface area contributed by atoms with Crippen molar-refractivity contribution in [1.82, 2.24) is 0 Å². The van der Waals surface area contributed by atoms with E-state index < -0.39 is 0 Å². The van der Waals surface area contributed by atoms with E-state index in [1.807, 2.05) is 0 Å². The van der Waals surface area contributed by atoms with E-state index in [1.54, 1.807) is 0 Å². The average molecular weight is 594 g/mol. The predicted octanol–water partition coefficient (Wildman–Crippen LogP) is 0.385. The third-order valence-electron chi connectivity index (χ3n) is 1.05. The van der Waals surface area contributed by atoms with Gasteiger partial charge in [0.05, 0.1) is 0 Å². The molecule has 0 bridgehead atoms. The second kappa shape index (κ2) is 12.9. The van der Waals surface area contributed by atoms with Crippen molar-refractivity contribution in [3.63, 3.8) is 0 Å². The summed E-state index contributed by atoms with van der Waals surface area (Å²) in [5.74, 6) is 0. The van der Waals surface area contributed by atoms with Gasteiger partial charge in [-0.2, -0.15) is 0 Å². The Bertz CT molecular complexity index is 43.2. The summed E-state index contributed by atoms with van der Waals surface area (Å²) < 4.78 is 10.4. The van der Waals surface area contributed by atoms with Gasteiger partial charge >= 0.3 is 31.4 Å². The van der Waals surface area contributed by atoms with Crippen molar-refractivity contribution in [3.05, 3.63) is 0 Å². The van der Waals surface area contributed by atoms with Crippen LogP contribution in [0.2, 0.25) is 5.28 Å². The second-order valence-corrected chi connectivity index (χ2v) is 4.29. The maximum Gasteiger partial charge on any atom is 0.635 e. The van der Waals surface area contributed by atoms with Gasteiger partial charge in [0, 0.05) is 96.6 Å². The first-order valence-electron chi connectivity index (χ1n) is 2.90. The minimum Gasteiger partial charge on any atom is -0.626 e. The molecule has 2 nitrogen and oxygen atoms in total. The molecule has 6 heteroatoms. The zero-order valence-electron chi connectivity index (χ0n) is 6.21. The summed E-state index contributed by atoms with van der Waals surface area (Å²) >= 11 is 0.191. The molecule has 0 saturated carbocycles. The summed E-state index contributed by atoms with van der Waals surface area (Å²) in [6.07, 6.45) is 2.54. The Morgan fingerprint density at radius 2 is 1.90 bits per heavy atom. The minimum absolute atomic E-state index is 0. The SMILES string of the molecule is C1C[CH2][Al][O][Al][O]C1.[Ra].[Ra]. The van der Waals surface area contributed by atoms with Crippen LogP contribution in [0.5, 0.6) is 0 Å².